The Morgan fingerprint density at radius 1 is 0.931 bits per heavy atom. The third-order valence-electron chi connectivity index (χ3n) is 5.23. The van der Waals surface area contributed by atoms with Crippen molar-refractivity contribution in [3.63, 3.8) is 0 Å². The fourth-order valence-electron chi connectivity index (χ4n) is 3.52. The highest BCUT2D eigenvalue weighted by Crippen LogP contribution is 2.21. The van der Waals surface area contributed by atoms with Crippen LogP contribution in [-0.2, 0) is 28.8 Å². The molecule has 0 bridgehead atoms. The summed E-state index contributed by atoms with van der Waals surface area (Å²) in [5, 5.41) is 5.76. The van der Waals surface area contributed by atoms with E-state index in [-0.39, 0.29) is 50.6 Å². The number of piperidine rings is 1. The predicted molar refractivity (Wildman–Crippen MR) is 102 cm³/mol. The Hall–Kier alpha value is -2.49. The molecule has 10 heteroatoms. The van der Waals surface area contributed by atoms with E-state index >= 15 is 0 Å². The lowest BCUT2D eigenvalue weighted by molar-refractivity contribution is -0.197. The molecule has 4 amide bonds. The van der Waals surface area contributed by atoms with Crippen LogP contribution in [0.4, 0.5) is 0 Å². The SMILES string of the molecule is CC1CCCC(C)N1CC(=O)[15NH][13CH2][13CH2]C(=O)[15NH]CC[13C](=O)ON1C(=O)CCC1=O. The lowest BCUT2D eigenvalue weighted by Gasteiger charge is -2.38. The molecule has 2 rings (SSSR count). The van der Waals surface area contributed by atoms with E-state index in [1.807, 2.05) is 0 Å². The molecular weight excluding hydrogens is 385 g/mol. The summed E-state index contributed by atoms with van der Waals surface area (Å²) >= 11 is 0. The number of carbonyl (C=O) groups excluding carboxylic acids is 5. The van der Waals surface area contributed by atoms with Crippen molar-refractivity contribution in [2.24, 2.45) is 0 Å². The second-order valence-corrected chi connectivity index (χ2v) is 7.55. The summed E-state index contributed by atoms with van der Waals surface area (Å²) in [6.45, 7) is 4.80. The third-order valence-corrected chi connectivity index (χ3v) is 5.23. The molecule has 0 aromatic rings. The first kappa shape index (κ1) is 22.8. The quantitative estimate of drug-likeness (QED) is 0.305. The Kier molecular flexibility index (Phi) is 8.56. The molecule has 29 heavy (non-hydrogen) atoms. The zero-order valence-corrected chi connectivity index (χ0v) is 17.1. The molecule has 0 aromatic carbocycles. The van der Waals surface area contributed by atoms with Crippen molar-refractivity contribution in [3.8, 4) is 0 Å². The van der Waals surface area contributed by atoms with Crippen molar-refractivity contribution in [1.82, 2.24) is 20.6 Å². The molecule has 0 aliphatic carbocycles. The van der Waals surface area contributed by atoms with Crippen molar-refractivity contribution in [1.29, 1.82) is 0 Å². The molecule has 2 unspecified atom stereocenters. The highest BCUT2D eigenvalue weighted by molar-refractivity contribution is 6.01. The average molecular weight is 415 g/mol. The zero-order valence-electron chi connectivity index (χ0n) is 17.1. The van der Waals surface area contributed by atoms with Gasteiger partial charge >= 0.3 is 5.97 Å². The number of nitrogens with zero attached hydrogens (tertiary/aromatic N) is 2. The maximum atomic E-state index is 12.1. The standard InChI is InChI=1S/C19H30N4O6/c1-13-4-3-5-14(2)22(13)12-16(25)21-10-8-15(24)20-11-9-19(28)29-23-17(26)6-7-18(23)27/h13-14H,3-12H2,1-2H3,(H,20,24)(H,21,25)/i8+1,10+1,19+1,20+1,21+1. The van der Waals surface area contributed by atoms with Gasteiger partial charge in [0.15, 0.2) is 0 Å². The van der Waals surface area contributed by atoms with E-state index in [0.29, 0.717) is 23.7 Å². The van der Waals surface area contributed by atoms with Gasteiger partial charge in [0.25, 0.3) is 11.8 Å². The van der Waals surface area contributed by atoms with Crippen LogP contribution in [0, 0.1) is 0 Å². The van der Waals surface area contributed by atoms with Crippen molar-refractivity contribution in [2.75, 3.05) is 19.6 Å². The smallest absolute Gasteiger partial charge is 0.334 e. The maximum absolute atomic E-state index is 12.1. The van der Waals surface area contributed by atoms with Gasteiger partial charge in [-0.15, -0.1) is 5.06 Å². The first-order valence-corrected chi connectivity index (χ1v) is 10.1. The van der Waals surface area contributed by atoms with Gasteiger partial charge < -0.3 is 15.5 Å². The van der Waals surface area contributed by atoms with Crippen molar-refractivity contribution < 1.29 is 28.8 Å². The van der Waals surface area contributed by atoms with Gasteiger partial charge in [-0.2, -0.15) is 0 Å². The van der Waals surface area contributed by atoms with Crippen LogP contribution in [0.25, 0.3) is 0 Å². The summed E-state index contributed by atoms with van der Waals surface area (Å²) in [6.07, 6.45) is 3.34. The average Bonchev–Trinajstić information content (AvgIpc) is 2.97. The molecule has 2 aliphatic rings. The molecular formula is C19H30N4O6. The lowest BCUT2D eigenvalue weighted by Crippen LogP contribution is -2.49. The van der Waals surface area contributed by atoms with Crippen molar-refractivity contribution in [2.45, 2.75) is 70.9 Å². The Morgan fingerprint density at radius 3 is 2.10 bits per heavy atom. The van der Waals surface area contributed by atoms with Crippen LogP contribution in [0.15, 0.2) is 0 Å². The Morgan fingerprint density at radius 2 is 1.48 bits per heavy atom. The van der Waals surface area contributed by atoms with E-state index in [9.17, 15) is 24.0 Å². The fourth-order valence-corrected chi connectivity index (χ4v) is 3.52. The number of amides is 4. The normalized spacial score (nSPS) is 22.5. The minimum absolute atomic E-state index is 0.0185. The number of hydrogen-bond donors (Lipinski definition) is 2. The summed E-state index contributed by atoms with van der Waals surface area (Å²) in [5.74, 6) is -2.28. The highest BCUT2D eigenvalue weighted by Gasteiger charge is 2.32. The Labute approximate surface area is 170 Å². The molecule has 0 radical (unpaired) electrons. The number of likely N-dealkylation sites (tertiary alicyclic amines) is 1. The van der Waals surface area contributed by atoms with Gasteiger partial charge in [0.1, 0.15) is 0 Å². The molecule has 0 aromatic heterocycles. The van der Waals surface area contributed by atoms with Crippen molar-refractivity contribution >= 4 is 29.6 Å². The number of hydroxylamine groups is 2. The molecule has 0 saturated carbocycles. The van der Waals surface area contributed by atoms with Crippen LogP contribution in [0.5, 0.6) is 0 Å². The summed E-state index contributed by atoms with van der Waals surface area (Å²) < 4.78 is 0. The van der Waals surface area contributed by atoms with E-state index in [0.717, 1.165) is 12.8 Å². The van der Waals surface area contributed by atoms with Crippen LogP contribution < -0.4 is 10.6 Å². The van der Waals surface area contributed by atoms with Crippen LogP contribution in [0.3, 0.4) is 0 Å². The van der Waals surface area contributed by atoms with Gasteiger partial charge in [-0.05, 0) is 26.7 Å². The minimum atomic E-state index is -0.771. The van der Waals surface area contributed by atoms with E-state index in [2.05, 4.69) is 29.4 Å². The van der Waals surface area contributed by atoms with Crippen LogP contribution in [-0.4, -0.2) is 71.3 Å². The number of carbonyl (C=O) groups is 5. The van der Waals surface area contributed by atoms with E-state index < -0.39 is 17.8 Å². The maximum Gasteiger partial charge on any atom is 0.334 e. The monoisotopic (exact) mass is 415 g/mol. The molecule has 2 atom stereocenters. The largest absolute Gasteiger partial charge is 0.355 e. The van der Waals surface area contributed by atoms with Gasteiger partial charge in [0.05, 0.1) is 13.0 Å². The molecule has 162 valence electrons. The molecule has 10 nitrogen and oxygen atoms in total. The first-order valence-electron chi connectivity index (χ1n) is 10.1. The van der Waals surface area contributed by atoms with Crippen LogP contribution >= 0.6 is 0 Å². The topological polar surface area (TPSA) is 125 Å². The van der Waals surface area contributed by atoms with Gasteiger partial charge in [-0.25, -0.2) is 4.79 Å². The minimum Gasteiger partial charge on any atom is -0.355 e. The second-order valence-electron chi connectivity index (χ2n) is 7.55. The highest BCUT2D eigenvalue weighted by atomic mass is 16.8. The summed E-state index contributed by atoms with van der Waals surface area (Å²) in [5.41, 5.74) is 0. The Balaban J connectivity index is 1.56. The first-order chi connectivity index (χ1) is 13.8. The van der Waals surface area contributed by atoms with Gasteiger partial charge in [-0.3, -0.25) is 24.1 Å². The molecule has 2 fully saturated rings. The molecule has 2 N–H and O–H groups in total. The second kappa shape index (κ2) is 10.9. The van der Waals surface area contributed by atoms with E-state index in [1.54, 1.807) is 0 Å². The Bertz CT molecular complexity index is 627. The number of hydrogen-bond acceptors (Lipinski definition) is 7. The number of nitrogens with one attached hydrogen (secondary N) is 2. The van der Waals surface area contributed by atoms with Gasteiger partial charge in [-0.1, -0.05) is 6.42 Å². The fraction of sp³-hybridized carbons (Fsp3) is 0.737. The summed E-state index contributed by atoms with van der Waals surface area (Å²) in [7, 11) is 0. The third kappa shape index (κ3) is 7.12. The van der Waals surface area contributed by atoms with Crippen LogP contribution in [0.2, 0.25) is 0 Å². The predicted octanol–water partition coefficient (Wildman–Crippen LogP) is -0.131. The van der Waals surface area contributed by atoms with Crippen LogP contribution in [0.1, 0.15) is 58.8 Å². The molecule has 2 aliphatic heterocycles. The van der Waals surface area contributed by atoms with E-state index in [1.165, 1.54) is 6.42 Å². The number of rotatable bonds is 9. The lowest BCUT2D eigenvalue weighted by atomic mass is 9.98. The van der Waals surface area contributed by atoms with Crippen molar-refractivity contribution in [3.05, 3.63) is 0 Å². The molecule has 2 saturated heterocycles. The van der Waals surface area contributed by atoms with Gasteiger partial charge in [0, 0.05) is 44.4 Å². The summed E-state index contributed by atoms with van der Waals surface area (Å²) in [4.78, 5) is 65.1. The summed E-state index contributed by atoms with van der Waals surface area (Å²) in [6, 6.07) is 0.748. The molecule has 2 heterocycles. The zero-order chi connectivity index (χ0) is 21.4. The van der Waals surface area contributed by atoms with E-state index in [4.69, 9.17) is 4.84 Å². The number of imide groups is 1. The van der Waals surface area contributed by atoms with Gasteiger partial charge in [0.2, 0.25) is 11.8 Å². The molecule has 0 spiro atoms.